The smallest absolute Gasteiger partial charge is 0.801 e. The van der Waals surface area contributed by atoms with Gasteiger partial charge in [0.2, 0.25) is 0 Å². The Morgan fingerprint density at radius 3 is 2.28 bits per heavy atom. The fraction of sp³-hybridized carbons (Fsp3) is 0.529. The van der Waals surface area contributed by atoms with E-state index in [-0.39, 0.29) is 5.64 Å². The van der Waals surface area contributed by atoms with Crippen LogP contribution in [-0.2, 0) is 21.0 Å². The number of fused-ring (bicyclic) bond motifs is 1. The number of ether oxygens (including phenoxy) is 2. The molecule has 2 aromatic rings. The van der Waals surface area contributed by atoms with E-state index in [1.807, 2.05) is 6.92 Å². The van der Waals surface area contributed by atoms with Crippen molar-refractivity contribution in [2.45, 2.75) is 30.4 Å². The van der Waals surface area contributed by atoms with Gasteiger partial charge >= 0.3 is 1.43 Å². The summed E-state index contributed by atoms with van der Waals surface area (Å²) >= 11 is 1.07. The number of rotatable bonds is 13. The molecule has 12 heteroatoms. The summed E-state index contributed by atoms with van der Waals surface area (Å²) in [7, 11) is -7.16. The first kappa shape index (κ1) is 24.1. The second-order valence-corrected chi connectivity index (χ2v) is 10.3. The Balaban J connectivity index is 0.00000450. The highest BCUT2D eigenvalue weighted by molar-refractivity contribution is 7.92. The molecule has 0 aliphatic carbocycles. The van der Waals surface area contributed by atoms with Crippen molar-refractivity contribution in [2.24, 2.45) is 11.5 Å². The molecule has 1 aromatic carbocycles. The zero-order chi connectivity index (χ0) is 21.4. The van der Waals surface area contributed by atoms with Gasteiger partial charge in [-0.1, -0.05) is 6.92 Å². The number of aryl methyl sites for hydroxylation is 1. The molecule has 0 bridgehead atoms. The van der Waals surface area contributed by atoms with Crippen LogP contribution in [-0.4, -0.2) is 41.0 Å². The lowest BCUT2D eigenvalue weighted by atomic mass is 10.1. The lowest BCUT2D eigenvalue weighted by Crippen LogP contribution is -2.24. The van der Waals surface area contributed by atoms with Crippen LogP contribution in [0.2, 0.25) is 0 Å². The average Bonchev–Trinajstić information content (AvgIpc) is 3.05. The van der Waals surface area contributed by atoms with E-state index in [1.165, 1.54) is 0 Å². The van der Waals surface area contributed by atoms with Crippen LogP contribution in [0.4, 0.5) is 0 Å². The number of thiophene rings is 1. The summed E-state index contributed by atoms with van der Waals surface area (Å²) in [6.45, 7) is 3.64. The van der Waals surface area contributed by atoms with Gasteiger partial charge < -0.3 is 30.4 Å². The van der Waals surface area contributed by atoms with Crippen LogP contribution in [0.1, 0.15) is 26.8 Å². The third-order valence-corrected chi connectivity index (χ3v) is 7.91. The van der Waals surface area contributed by atoms with E-state index in [0.717, 1.165) is 16.7 Å². The van der Waals surface area contributed by atoms with Crippen molar-refractivity contribution >= 4 is 39.5 Å². The van der Waals surface area contributed by atoms with Crippen molar-refractivity contribution in [3.05, 3.63) is 17.7 Å². The Morgan fingerprint density at radius 2 is 1.76 bits per heavy atom. The van der Waals surface area contributed by atoms with Gasteiger partial charge in [-0.05, 0) is 44.0 Å². The summed E-state index contributed by atoms with van der Waals surface area (Å²) in [6.07, 6.45) is 1.19. The lowest BCUT2D eigenvalue weighted by Gasteiger charge is -2.13. The first-order chi connectivity index (χ1) is 13.8. The fourth-order valence-electron chi connectivity index (χ4n) is 2.66. The predicted molar refractivity (Wildman–Crippen MR) is 115 cm³/mol. The Kier molecular flexibility index (Phi) is 9.35. The maximum atomic E-state index is 12.6. The largest absolute Gasteiger partial charge is 1.00 e. The normalized spacial score (nSPS) is 13.0. The van der Waals surface area contributed by atoms with E-state index in [2.05, 4.69) is 4.72 Å². The van der Waals surface area contributed by atoms with Crippen molar-refractivity contribution in [1.29, 1.82) is 0 Å². The molecule has 0 amide bonds. The second-order valence-electron chi connectivity index (χ2n) is 6.19. The van der Waals surface area contributed by atoms with Gasteiger partial charge in [0.1, 0.15) is 4.21 Å². The minimum absolute atomic E-state index is 0. The van der Waals surface area contributed by atoms with Crippen LogP contribution in [0.5, 0.6) is 11.5 Å². The number of sulfonamides is 1. The highest BCUT2D eigenvalue weighted by atomic mass is 32.2. The number of nitrogens with one attached hydrogen (secondary N) is 1. The summed E-state index contributed by atoms with van der Waals surface area (Å²) in [5.74, 6) is 1.02. The molecule has 1 atom stereocenters. The Morgan fingerprint density at radius 1 is 1.17 bits per heavy atom. The third-order valence-electron chi connectivity index (χ3n) is 4.04. The van der Waals surface area contributed by atoms with Crippen molar-refractivity contribution in [1.82, 2.24) is 4.72 Å². The lowest BCUT2D eigenvalue weighted by molar-refractivity contribution is -0.164. The first-order valence-corrected chi connectivity index (χ1v) is 13.1. The maximum absolute atomic E-state index is 12.6. The Bertz CT molecular complexity index is 955. The average molecular weight is 466 g/mol. The van der Waals surface area contributed by atoms with E-state index in [4.69, 9.17) is 20.9 Å². The number of hydrogen-bond donors (Lipinski definition) is 3. The number of nitrogens with two attached hydrogens (primary N) is 2. The van der Waals surface area contributed by atoms with Crippen LogP contribution in [0, 0.1) is 0 Å². The van der Waals surface area contributed by atoms with E-state index in [1.54, 1.807) is 12.1 Å². The van der Waals surface area contributed by atoms with E-state index < -0.39 is 24.3 Å². The topological polar surface area (TPSA) is 157 Å². The van der Waals surface area contributed by atoms with Crippen LogP contribution in [0.25, 0.3) is 10.1 Å². The zero-order valence-electron chi connectivity index (χ0n) is 17.2. The SMILES string of the molecule is CCc1c(S(=O)(=O)NC[PH](=O)[O-])sc2cc(OCCCN)c(OCCCN)cc12.[H+]. The van der Waals surface area contributed by atoms with Crippen LogP contribution in [0.3, 0.4) is 0 Å². The van der Waals surface area contributed by atoms with Crippen molar-refractivity contribution in [2.75, 3.05) is 32.6 Å². The molecule has 29 heavy (non-hydrogen) atoms. The highest BCUT2D eigenvalue weighted by Crippen LogP contribution is 2.41. The van der Waals surface area contributed by atoms with Crippen LogP contribution >= 0.6 is 19.4 Å². The molecular weight excluding hydrogens is 437 g/mol. The standard InChI is InChI=1S/C17H28N3O6PS2/c1-2-12-13-9-14(25-7-3-5-18)15(26-8-4-6-19)10-16(13)28-17(12)29(23,24)20-11-27(21)22/h9-10,20,27H,2-8,11,18-19H2,1H3,(H,21,22). The summed E-state index contributed by atoms with van der Waals surface area (Å²) < 4.78 is 50.7. The summed E-state index contributed by atoms with van der Waals surface area (Å²) in [4.78, 5) is 10.8. The molecule has 1 heterocycles. The molecule has 1 aromatic heterocycles. The van der Waals surface area contributed by atoms with Gasteiger partial charge in [0, 0.05) is 30.5 Å². The van der Waals surface area contributed by atoms with E-state index in [0.29, 0.717) is 67.3 Å². The molecule has 0 fully saturated rings. The van der Waals surface area contributed by atoms with E-state index >= 15 is 0 Å². The van der Waals surface area contributed by atoms with Crippen molar-refractivity contribution < 1.29 is 28.8 Å². The molecule has 2 rings (SSSR count). The van der Waals surface area contributed by atoms with Crippen LogP contribution in [0.15, 0.2) is 16.3 Å². The molecule has 0 saturated heterocycles. The summed E-state index contributed by atoms with van der Waals surface area (Å²) in [6, 6.07) is 3.53. The van der Waals surface area contributed by atoms with Gasteiger partial charge in [-0.2, -0.15) is 0 Å². The van der Waals surface area contributed by atoms with E-state index in [9.17, 15) is 17.9 Å². The zero-order valence-corrected chi connectivity index (χ0v) is 18.9. The molecule has 5 N–H and O–H groups in total. The van der Waals surface area contributed by atoms with Gasteiger partial charge in [-0.15, -0.1) is 11.3 Å². The van der Waals surface area contributed by atoms with Crippen LogP contribution < -0.4 is 30.6 Å². The van der Waals surface area contributed by atoms with Gasteiger partial charge in [0.05, 0.1) is 13.2 Å². The summed E-state index contributed by atoms with van der Waals surface area (Å²) in [5.41, 5.74) is 11.7. The summed E-state index contributed by atoms with van der Waals surface area (Å²) in [5, 5.41) is 0.738. The first-order valence-electron chi connectivity index (χ1n) is 9.28. The second kappa shape index (κ2) is 11.3. The predicted octanol–water partition coefficient (Wildman–Crippen LogP) is 1.10. The molecule has 0 spiro atoms. The minimum Gasteiger partial charge on any atom is -0.801 e. The van der Waals surface area contributed by atoms with Crippen molar-refractivity contribution in [3.8, 4) is 11.5 Å². The number of hydrogen-bond acceptors (Lipinski definition) is 9. The molecule has 0 saturated carbocycles. The van der Waals surface area contributed by atoms with Gasteiger partial charge in [0.15, 0.2) is 11.5 Å². The monoisotopic (exact) mass is 465 g/mol. The fourth-order valence-corrected chi connectivity index (χ4v) is 6.52. The Labute approximate surface area is 176 Å². The number of benzene rings is 1. The molecule has 164 valence electrons. The quantitative estimate of drug-likeness (QED) is 0.293. The minimum atomic E-state index is -3.95. The molecule has 0 aliphatic rings. The molecule has 0 radical (unpaired) electrons. The molecule has 1 unspecified atom stereocenters. The Hall–Kier alpha value is -1.20. The van der Waals surface area contributed by atoms with Gasteiger partial charge in [-0.25, -0.2) is 13.1 Å². The van der Waals surface area contributed by atoms with Crippen molar-refractivity contribution in [3.63, 3.8) is 0 Å². The highest BCUT2D eigenvalue weighted by Gasteiger charge is 2.24. The molecule has 0 aliphatic heterocycles. The van der Waals surface area contributed by atoms with Gasteiger partial charge in [0.25, 0.3) is 10.0 Å². The molecular formula is C17H28N3O6PS2. The third kappa shape index (κ3) is 6.39. The molecule has 9 nitrogen and oxygen atoms in total. The maximum Gasteiger partial charge on any atom is 1.00 e. The van der Waals surface area contributed by atoms with Gasteiger partial charge in [-0.3, -0.25) is 0 Å².